The minimum absolute atomic E-state index is 0.132. The Kier molecular flexibility index (Phi) is 8.86. The molecule has 0 spiro atoms. The molecule has 2 heterocycles. The highest BCUT2D eigenvalue weighted by Gasteiger charge is 2.21. The molecule has 1 atom stereocenters. The fourth-order valence-electron chi connectivity index (χ4n) is 3.81. The smallest absolute Gasteiger partial charge is 0.251 e. The third-order valence-corrected chi connectivity index (χ3v) is 5.91. The Morgan fingerprint density at radius 2 is 1.86 bits per heavy atom. The summed E-state index contributed by atoms with van der Waals surface area (Å²) >= 11 is 0. The summed E-state index contributed by atoms with van der Waals surface area (Å²) in [5, 5.41) is 22.0. The van der Waals surface area contributed by atoms with E-state index < -0.39 is 6.04 Å². The molecular weight excluding hydrogens is 456 g/mol. The van der Waals surface area contributed by atoms with E-state index in [1.165, 1.54) is 29.1 Å². The predicted octanol–water partition coefficient (Wildman–Crippen LogP) is 3.42. The first-order chi connectivity index (χ1) is 17.3. The summed E-state index contributed by atoms with van der Waals surface area (Å²) in [5.74, 6) is -0.343. The van der Waals surface area contributed by atoms with Gasteiger partial charge in [-0.1, -0.05) is 24.3 Å². The maximum absolute atomic E-state index is 12.8. The van der Waals surface area contributed by atoms with E-state index in [1.54, 1.807) is 24.1 Å². The maximum atomic E-state index is 12.8. The van der Waals surface area contributed by atoms with Crippen LogP contribution < -0.4 is 10.9 Å². The van der Waals surface area contributed by atoms with Crippen molar-refractivity contribution in [1.82, 2.24) is 24.8 Å². The summed E-state index contributed by atoms with van der Waals surface area (Å²) < 4.78 is 1.38. The number of amides is 1. The van der Waals surface area contributed by atoms with Crippen LogP contribution in [0.2, 0.25) is 0 Å². The molecule has 0 fully saturated rings. The number of rotatable bonds is 10. The van der Waals surface area contributed by atoms with Gasteiger partial charge in [-0.25, -0.2) is 4.98 Å². The topological polar surface area (TPSA) is 124 Å². The van der Waals surface area contributed by atoms with Crippen LogP contribution in [-0.4, -0.2) is 56.3 Å². The van der Waals surface area contributed by atoms with Crippen molar-refractivity contribution in [3.63, 3.8) is 0 Å². The largest absolute Gasteiger partial charge is 0.506 e. The van der Waals surface area contributed by atoms with Gasteiger partial charge >= 0.3 is 0 Å². The molecule has 0 aliphatic carbocycles. The molecule has 1 aromatic carbocycles. The van der Waals surface area contributed by atoms with Crippen LogP contribution in [0.5, 0.6) is 0 Å². The Balaban J connectivity index is 1.87. The first-order valence-corrected chi connectivity index (χ1v) is 11.9. The van der Waals surface area contributed by atoms with Crippen molar-refractivity contribution in [2.24, 2.45) is 0 Å². The quantitative estimate of drug-likeness (QED) is 0.297. The van der Waals surface area contributed by atoms with Crippen molar-refractivity contribution < 1.29 is 9.90 Å². The zero-order chi connectivity index (χ0) is 26.2. The lowest BCUT2D eigenvalue weighted by atomic mass is 10.1. The molecule has 0 saturated carbocycles. The van der Waals surface area contributed by atoms with E-state index >= 15 is 0 Å². The molecule has 36 heavy (non-hydrogen) atoms. The van der Waals surface area contributed by atoms with Gasteiger partial charge in [0.25, 0.3) is 5.56 Å². The summed E-state index contributed by atoms with van der Waals surface area (Å²) in [6.07, 6.45) is 5.83. The molecule has 1 amide bonds. The van der Waals surface area contributed by atoms with Gasteiger partial charge in [0, 0.05) is 43.5 Å². The van der Waals surface area contributed by atoms with E-state index in [0.717, 1.165) is 12.1 Å². The van der Waals surface area contributed by atoms with Crippen molar-refractivity contribution in [3.05, 3.63) is 88.2 Å². The van der Waals surface area contributed by atoms with E-state index in [4.69, 9.17) is 5.41 Å². The third-order valence-electron chi connectivity index (χ3n) is 5.91. The monoisotopic (exact) mass is 488 g/mol. The SMILES string of the molecule is CCN(CC)C(=O)C(C)n1cc(-c2cncc(/C(O)=C/C(=N)c3ccc(CNC)cc3)n2)ccc1=O. The average Bonchev–Trinajstić information content (AvgIpc) is 2.89. The van der Waals surface area contributed by atoms with Crippen molar-refractivity contribution in [2.45, 2.75) is 33.4 Å². The molecule has 0 aliphatic heterocycles. The van der Waals surface area contributed by atoms with Crippen LogP contribution in [-0.2, 0) is 11.3 Å². The summed E-state index contributed by atoms with van der Waals surface area (Å²) in [4.78, 5) is 35.6. The number of carbonyl (C=O) groups excluding carboxylic acids is 1. The lowest BCUT2D eigenvalue weighted by molar-refractivity contribution is -0.133. The second kappa shape index (κ2) is 12.0. The van der Waals surface area contributed by atoms with E-state index in [2.05, 4.69) is 15.3 Å². The van der Waals surface area contributed by atoms with E-state index in [-0.39, 0.29) is 28.6 Å². The number of aliphatic hydroxyl groups is 1. The average molecular weight is 489 g/mol. The van der Waals surface area contributed by atoms with Crippen LogP contribution in [0.1, 0.15) is 43.6 Å². The molecule has 1 unspecified atom stereocenters. The summed E-state index contributed by atoms with van der Waals surface area (Å²) in [6.45, 7) is 7.33. The van der Waals surface area contributed by atoms with Crippen LogP contribution in [0.3, 0.4) is 0 Å². The highest BCUT2D eigenvalue weighted by molar-refractivity contribution is 6.09. The number of nitrogens with one attached hydrogen (secondary N) is 2. The molecule has 0 bridgehead atoms. The Morgan fingerprint density at radius 3 is 2.50 bits per heavy atom. The molecule has 9 nitrogen and oxygen atoms in total. The van der Waals surface area contributed by atoms with Gasteiger partial charge in [-0.15, -0.1) is 0 Å². The normalized spacial score (nSPS) is 12.3. The lowest BCUT2D eigenvalue weighted by Gasteiger charge is -2.24. The number of hydrogen-bond donors (Lipinski definition) is 3. The van der Waals surface area contributed by atoms with Gasteiger partial charge in [-0.2, -0.15) is 0 Å². The van der Waals surface area contributed by atoms with Gasteiger partial charge in [0.05, 0.1) is 23.8 Å². The standard InChI is InChI=1S/C27H32N6O3/c1-5-32(6-2)27(36)18(3)33-17-21(11-12-26(33)35)23-15-30-16-24(31-23)25(34)13-22(28)20-9-7-19(8-10-20)14-29-4/h7-13,15-18,28-29,34H,5-6,14H2,1-4H3/b25-13-,28-22?. The zero-order valence-electron chi connectivity index (χ0n) is 21.0. The zero-order valence-corrected chi connectivity index (χ0v) is 21.0. The summed E-state index contributed by atoms with van der Waals surface area (Å²) in [5.41, 5.74) is 2.77. The summed E-state index contributed by atoms with van der Waals surface area (Å²) in [6, 6.07) is 9.81. The number of carbonyl (C=O) groups is 1. The fourth-order valence-corrected chi connectivity index (χ4v) is 3.81. The second-order valence-electron chi connectivity index (χ2n) is 8.31. The predicted molar refractivity (Wildman–Crippen MR) is 141 cm³/mol. The van der Waals surface area contributed by atoms with Gasteiger partial charge < -0.3 is 25.3 Å². The number of pyridine rings is 1. The van der Waals surface area contributed by atoms with Crippen LogP contribution in [0, 0.1) is 5.41 Å². The first-order valence-electron chi connectivity index (χ1n) is 11.9. The Labute approximate surface area is 210 Å². The van der Waals surface area contributed by atoms with Crippen LogP contribution in [0.25, 0.3) is 17.0 Å². The molecule has 188 valence electrons. The van der Waals surface area contributed by atoms with Crippen molar-refractivity contribution in [2.75, 3.05) is 20.1 Å². The molecule has 0 radical (unpaired) electrons. The Morgan fingerprint density at radius 1 is 1.17 bits per heavy atom. The van der Waals surface area contributed by atoms with E-state index in [0.29, 0.717) is 29.9 Å². The first kappa shape index (κ1) is 26.5. The fraction of sp³-hybridized carbons (Fsp3) is 0.296. The number of nitrogens with zero attached hydrogens (tertiary/aromatic N) is 4. The molecule has 9 heteroatoms. The van der Waals surface area contributed by atoms with Crippen molar-refractivity contribution in [1.29, 1.82) is 5.41 Å². The lowest BCUT2D eigenvalue weighted by Crippen LogP contribution is -2.38. The number of aromatic nitrogens is 3. The van der Waals surface area contributed by atoms with Gasteiger partial charge in [0.15, 0.2) is 0 Å². The van der Waals surface area contributed by atoms with Crippen LogP contribution in [0.4, 0.5) is 0 Å². The summed E-state index contributed by atoms with van der Waals surface area (Å²) in [7, 11) is 1.87. The molecule has 2 aromatic heterocycles. The molecule has 0 aliphatic rings. The molecule has 0 saturated heterocycles. The van der Waals surface area contributed by atoms with E-state index in [9.17, 15) is 14.7 Å². The minimum Gasteiger partial charge on any atom is -0.506 e. The van der Waals surface area contributed by atoms with Gasteiger partial charge in [0.1, 0.15) is 17.5 Å². The molecular formula is C27H32N6O3. The Bertz CT molecular complexity index is 1310. The van der Waals surface area contributed by atoms with Gasteiger partial charge in [0.2, 0.25) is 5.91 Å². The number of likely N-dealkylation sites (N-methyl/N-ethyl adjacent to an activating group) is 1. The van der Waals surface area contributed by atoms with E-state index in [1.807, 2.05) is 45.2 Å². The number of hydrogen-bond acceptors (Lipinski definition) is 7. The number of aliphatic hydroxyl groups excluding tert-OH is 1. The number of allylic oxidation sites excluding steroid dienone is 1. The molecule has 3 rings (SSSR count). The highest BCUT2D eigenvalue weighted by Crippen LogP contribution is 2.19. The maximum Gasteiger partial charge on any atom is 0.251 e. The van der Waals surface area contributed by atoms with Crippen LogP contribution >= 0.6 is 0 Å². The van der Waals surface area contributed by atoms with Crippen molar-refractivity contribution >= 4 is 17.4 Å². The van der Waals surface area contributed by atoms with Gasteiger partial charge in [-0.3, -0.25) is 14.6 Å². The second-order valence-corrected chi connectivity index (χ2v) is 8.31. The molecule has 3 aromatic rings. The number of benzene rings is 1. The van der Waals surface area contributed by atoms with Crippen LogP contribution in [0.15, 0.2) is 65.9 Å². The highest BCUT2D eigenvalue weighted by atomic mass is 16.3. The van der Waals surface area contributed by atoms with Crippen molar-refractivity contribution in [3.8, 4) is 11.3 Å². The molecule has 3 N–H and O–H groups in total. The third kappa shape index (κ3) is 6.11. The minimum atomic E-state index is -0.679. The van der Waals surface area contributed by atoms with Gasteiger partial charge in [-0.05, 0) is 45.0 Å². The Hall–Kier alpha value is -4.11.